The summed E-state index contributed by atoms with van der Waals surface area (Å²) in [5.74, 6) is 4.06. The smallest absolute Gasteiger partial charge is 0.104 e. The van der Waals surface area contributed by atoms with Gasteiger partial charge >= 0.3 is 0 Å². The molecule has 0 aromatic heterocycles. The second-order valence-corrected chi connectivity index (χ2v) is 9.34. The van der Waals surface area contributed by atoms with Crippen LogP contribution in [0.5, 0.6) is 0 Å². The summed E-state index contributed by atoms with van der Waals surface area (Å²) in [4.78, 5) is 1.76. The monoisotopic (exact) mass is 262 g/mol. The van der Waals surface area contributed by atoms with Crippen molar-refractivity contribution in [1.29, 1.82) is 0 Å². The van der Waals surface area contributed by atoms with Crippen molar-refractivity contribution in [3.05, 3.63) is 34.7 Å². The van der Waals surface area contributed by atoms with E-state index in [0.29, 0.717) is 0 Å². The molecule has 1 aliphatic carbocycles. The zero-order valence-electron chi connectivity index (χ0n) is 11.4. The summed E-state index contributed by atoms with van der Waals surface area (Å²) in [6, 6.07) is 8.84. The van der Waals surface area contributed by atoms with Crippen LogP contribution in [0.4, 0.5) is 0 Å². The van der Waals surface area contributed by atoms with Crippen molar-refractivity contribution in [2.75, 3.05) is 24.9 Å². The number of hydrogen-bond acceptors (Lipinski definition) is 1. The first kappa shape index (κ1) is 12.2. The van der Waals surface area contributed by atoms with Gasteiger partial charge in [0.1, 0.15) is 5.76 Å². The highest BCUT2D eigenvalue weighted by molar-refractivity contribution is 8.40. The molecule has 0 unspecified atom stereocenters. The Bertz CT molecular complexity index is 567. The Labute approximate surface area is 111 Å². The molecule has 98 valence electrons. The lowest BCUT2D eigenvalue weighted by Crippen LogP contribution is -2.34. The molecule has 1 nitrogen and oxygen atoms in total. The van der Waals surface area contributed by atoms with Crippen LogP contribution in [0.3, 0.4) is 0 Å². The Balaban J connectivity index is 2.27. The summed E-state index contributed by atoms with van der Waals surface area (Å²) in [5.41, 5.74) is 0. The van der Waals surface area contributed by atoms with Gasteiger partial charge in [-0.1, -0.05) is 24.3 Å². The van der Waals surface area contributed by atoms with Crippen LogP contribution >= 0.6 is 10.0 Å². The lowest BCUT2D eigenvalue weighted by Gasteiger charge is -2.35. The molecule has 0 saturated carbocycles. The van der Waals surface area contributed by atoms with Gasteiger partial charge in [0.05, 0.1) is 7.11 Å². The molecule has 1 saturated heterocycles. The molecule has 1 aromatic rings. The molecule has 1 aromatic carbocycles. The molecule has 1 aliphatic heterocycles. The second kappa shape index (κ2) is 4.65. The third-order valence-electron chi connectivity index (χ3n) is 4.39. The lowest BCUT2D eigenvalue weighted by atomic mass is 10.1. The summed E-state index contributed by atoms with van der Waals surface area (Å²) < 4.78 is 5.57. The number of methoxy groups -OCH3 is 1. The first-order valence-corrected chi connectivity index (χ1v) is 9.22. The minimum atomic E-state index is -0.503. The average molecular weight is 262 g/mol. The summed E-state index contributed by atoms with van der Waals surface area (Å²) in [6.45, 7) is 0. The Morgan fingerprint density at radius 3 is 2.33 bits per heavy atom. The third kappa shape index (κ3) is 1.87. The highest BCUT2D eigenvalue weighted by Crippen LogP contribution is 2.59. The predicted octanol–water partition coefficient (Wildman–Crippen LogP) is 2.57. The third-order valence-corrected chi connectivity index (χ3v) is 8.38. The van der Waals surface area contributed by atoms with Gasteiger partial charge in [-0.3, -0.25) is 0 Å². The largest absolute Gasteiger partial charge is 0.500 e. The van der Waals surface area contributed by atoms with Gasteiger partial charge in [-0.15, -0.1) is 0 Å². The summed E-state index contributed by atoms with van der Waals surface area (Å²) in [5, 5.41) is 2.84. The van der Waals surface area contributed by atoms with Gasteiger partial charge in [0, 0.05) is 11.6 Å². The van der Waals surface area contributed by atoms with Gasteiger partial charge in [-0.25, -0.2) is 10.0 Å². The number of ether oxygens (including phenoxy) is 1. The number of benzene rings is 1. The zero-order chi connectivity index (χ0) is 12.6. The Morgan fingerprint density at radius 1 is 1.00 bits per heavy atom. The Hall–Kier alpha value is -0.890. The molecule has 0 spiro atoms. The molecule has 0 bridgehead atoms. The quantitative estimate of drug-likeness (QED) is 0.796. The van der Waals surface area contributed by atoms with Crippen LogP contribution in [0, 0.1) is 0 Å². The highest BCUT2D eigenvalue weighted by atomic mass is 32.3. The normalized spacial score (nSPS) is 23.7. The molecule has 0 N–H and O–H groups in total. The minimum Gasteiger partial charge on any atom is -0.500 e. The van der Waals surface area contributed by atoms with Crippen LogP contribution in [0.15, 0.2) is 24.3 Å². The minimum absolute atomic E-state index is 0.503. The fourth-order valence-electron chi connectivity index (χ4n) is 3.38. The summed E-state index contributed by atoms with van der Waals surface area (Å²) >= 11 is 0. The van der Waals surface area contributed by atoms with Crippen LogP contribution in [0.25, 0.3) is 10.7 Å². The fourth-order valence-corrected chi connectivity index (χ4v) is 7.06. The van der Waals surface area contributed by atoms with Crippen molar-refractivity contribution in [2.24, 2.45) is 0 Å². The second-order valence-electron chi connectivity index (χ2n) is 5.49. The van der Waals surface area contributed by atoms with Crippen LogP contribution in [0.1, 0.15) is 25.7 Å². The van der Waals surface area contributed by atoms with Gasteiger partial charge in [0.2, 0.25) is 0 Å². The number of hydrogen-bond donors (Lipinski definition) is 0. The van der Waals surface area contributed by atoms with Gasteiger partial charge in [-0.2, -0.15) is 0 Å². The molecule has 18 heavy (non-hydrogen) atoms. The van der Waals surface area contributed by atoms with Gasteiger partial charge < -0.3 is 4.74 Å². The van der Waals surface area contributed by atoms with Gasteiger partial charge in [-0.05, 0) is 47.1 Å². The topological polar surface area (TPSA) is 9.23 Å². The molecular weight excluding hydrogens is 240 g/mol. The Kier molecular flexibility index (Phi) is 3.14. The average Bonchev–Trinajstić information content (AvgIpc) is 2.85. The van der Waals surface area contributed by atoms with Gasteiger partial charge in [0.15, 0.2) is 0 Å². The van der Waals surface area contributed by atoms with Crippen molar-refractivity contribution >= 4 is 20.7 Å². The number of rotatable bonds is 2. The van der Waals surface area contributed by atoms with E-state index in [0.717, 1.165) is 6.42 Å². The lowest BCUT2D eigenvalue weighted by molar-refractivity contribution is 0.348. The van der Waals surface area contributed by atoms with E-state index in [1.807, 2.05) is 0 Å². The molecule has 1 fully saturated rings. The molecule has 0 atom stereocenters. The van der Waals surface area contributed by atoms with Crippen molar-refractivity contribution in [3.8, 4) is 0 Å². The standard InChI is InChI=1S/C16H22OS/c1-17-15-9-10-16(18(2)11-5-6-12-18)14-8-4-3-7-13(14)15/h3-4,7-8H,5-6,9-12H2,1-2H3. The van der Waals surface area contributed by atoms with Crippen LogP contribution in [-0.2, 0) is 4.74 Å². The fraction of sp³-hybridized carbons (Fsp3) is 0.500. The number of fused-ring (bicyclic) bond motifs is 1. The first-order valence-electron chi connectivity index (χ1n) is 6.84. The molecular formula is C16H22OS. The van der Waals surface area contributed by atoms with Crippen molar-refractivity contribution in [3.63, 3.8) is 0 Å². The van der Waals surface area contributed by atoms with Crippen LogP contribution in [0.2, 0.25) is 0 Å². The van der Waals surface area contributed by atoms with Crippen molar-refractivity contribution < 1.29 is 4.74 Å². The van der Waals surface area contributed by atoms with Crippen LogP contribution in [-0.4, -0.2) is 24.9 Å². The molecule has 1 heterocycles. The molecule has 2 aliphatic rings. The zero-order valence-corrected chi connectivity index (χ0v) is 12.2. The maximum Gasteiger partial charge on any atom is 0.104 e. The van der Waals surface area contributed by atoms with Crippen LogP contribution < -0.4 is 10.4 Å². The summed E-state index contributed by atoms with van der Waals surface area (Å²) in [7, 11) is 1.30. The van der Waals surface area contributed by atoms with Crippen molar-refractivity contribution in [1.82, 2.24) is 0 Å². The predicted molar refractivity (Wildman–Crippen MR) is 81.2 cm³/mol. The highest BCUT2D eigenvalue weighted by Gasteiger charge is 2.29. The van der Waals surface area contributed by atoms with Crippen molar-refractivity contribution in [2.45, 2.75) is 25.7 Å². The molecule has 0 amide bonds. The van der Waals surface area contributed by atoms with E-state index in [2.05, 4.69) is 30.5 Å². The van der Waals surface area contributed by atoms with E-state index in [1.54, 1.807) is 12.0 Å². The first-order chi connectivity index (χ1) is 8.74. The Morgan fingerprint density at radius 2 is 1.67 bits per heavy atom. The van der Waals surface area contributed by atoms with E-state index in [9.17, 15) is 0 Å². The van der Waals surface area contributed by atoms with Gasteiger partial charge in [0.25, 0.3) is 0 Å². The van der Waals surface area contributed by atoms with E-state index in [4.69, 9.17) is 4.74 Å². The maximum absolute atomic E-state index is 5.57. The SMILES string of the molecule is COC1=c2ccccc2=C(S2(C)CCCC2)CC1. The van der Waals surface area contributed by atoms with E-state index >= 15 is 0 Å². The van der Waals surface area contributed by atoms with E-state index in [1.165, 1.54) is 47.0 Å². The molecule has 3 rings (SSSR count). The molecule has 0 radical (unpaired) electrons. The molecule has 2 heteroatoms. The maximum atomic E-state index is 5.57. The summed E-state index contributed by atoms with van der Waals surface area (Å²) in [6.07, 6.45) is 7.71. The van der Waals surface area contributed by atoms with E-state index in [-0.39, 0.29) is 0 Å². The van der Waals surface area contributed by atoms with E-state index < -0.39 is 10.0 Å².